The van der Waals surface area contributed by atoms with Gasteiger partial charge < -0.3 is 15.6 Å². The van der Waals surface area contributed by atoms with Gasteiger partial charge in [0.25, 0.3) is 0 Å². The van der Waals surface area contributed by atoms with Gasteiger partial charge in [0.1, 0.15) is 5.88 Å². The maximum atomic E-state index is 10.9. The summed E-state index contributed by atoms with van der Waals surface area (Å²) in [6.45, 7) is 3.55. The average molecular weight is 240 g/mol. The van der Waals surface area contributed by atoms with E-state index in [1.165, 1.54) is 0 Å². The summed E-state index contributed by atoms with van der Waals surface area (Å²) >= 11 is -1.92. The van der Waals surface area contributed by atoms with Crippen LogP contribution in [-0.4, -0.2) is 20.5 Å². The van der Waals surface area contributed by atoms with Crippen molar-refractivity contribution in [3.05, 3.63) is 36.4 Å². The van der Waals surface area contributed by atoms with Crippen LogP contribution in [0.1, 0.15) is 5.56 Å². The standard InChI is InChI=1S/C10H12N2O3S/c1-7(10(11)13)8-3-2-4-9(5-8)12-6-16(14)15/h2-5,12H,1,6H2,(H2,11,13)(H,14,15). The number of hydrogen-bond donors (Lipinski definition) is 3. The van der Waals surface area contributed by atoms with Gasteiger partial charge >= 0.3 is 0 Å². The second-order valence-electron chi connectivity index (χ2n) is 3.07. The lowest BCUT2D eigenvalue weighted by Gasteiger charge is -2.06. The van der Waals surface area contributed by atoms with Crippen molar-refractivity contribution in [2.24, 2.45) is 5.73 Å². The molecule has 0 saturated heterocycles. The monoisotopic (exact) mass is 240 g/mol. The van der Waals surface area contributed by atoms with E-state index in [1.807, 2.05) is 0 Å². The first kappa shape index (κ1) is 12.4. The number of benzene rings is 1. The molecule has 0 heterocycles. The Labute approximate surface area is 95.6 Å². The molecule has 16 heavy (non-hydrogen) atoms. The molecule has 0 fully saturated rings. The smallest absolute Gasteiger partial charge is 0.248 e. The Morgan fingerprint density at radius 3 is 2.81 bits per heavy atom. The van der Waals surface area contributed by atoms with Crippen molar-refractivity contribution in [2.75, 3.05) is 11.2 Å². The molecule has 0 radical (unpaired) electrons. The number of carbonyl (C=O) groups excluding carboxylic acids is 1. The van der Waals surface area contributed by atoms with Gasteiger partial charge in [-0.05, 0) is 17.7 Å². The van der Waals surface area contributed by atoms with Crippen LogP contribution < -0.4 is 11.1 Å². The van der Waals surface area contributed by atoms with E-state index < -0.39 is 17.0 Å². The number of nitrogens with one attached hydrogen (secondary N) is 1. The second-order valence-corrected chi connectivity index (χ2v) is 4.00. The molecule has 4 N–H and O–H groups in total. The largest absolute Gasteiger partial charge is 0.372 e. The first-order valence-corrected chi connectivity index (χ1v) is 5.69. The zero-order valence-electron chi connectivity index (χ0n) is 8.47. The molecule has 5 nitrogen and oxygen atoms in total. The predicted octanol–water partition coefficient (Wildman–Crippen LogP) is 0.776. The minimum Gasteiger partial charge on any atom is -0.372 e. The molecule has 1 rings (SSSR count). The highest BCUT2D eigenvalue weighted by molar-refractivity contribution is 7.79. The molecule has 1 unspecified atom stereocenters. The van der Waals surface area contributed by atoms with E-state index >= 15 is 0 Å². The number of nitrogens with two attached hydrogens (primary N) is 1. The molecule has 0 aliphatic heterocycles. The minimum atomic E-state index is -1.92. The van der Waals surface area contributed by atoms with E-state index in [1.54, 1.807) is 24.3 Å². The van der Waals surface area contributed by atoms with Crippen molar-refractivity contribution in [1.82, 2.24) is 0 Å². The SMILES string of the molecule is C=C(C(N)=O)c1cccc(NCS(=O)O)c1. The Morgan fingerprint density at radius 2 is 2.25 bits per heavy atom. The van der Waals surface area contributed by atoms with Crippen LogP contribution >= 0.6 is 0 Å². The zero-order valence-corrected chi connectivity index (χ0v) is 9.29. The Balaban J connectivity index is 2.82. The molecule has 6 heteroatoms. The first-order valence-electron chi connectivity index (χ1n) is 4.41. The maximum Gasteiger partial charge on any atom is 0.248 e. The topological polar surface area (TPSA) is 92.4 Å². The van der Waals surface area contributed by atoms with Crippen LogP contribution in [0.15, 0.2) is 30.8 Å². The molecule has 0 saturated carbocycles. The molecule has 0 aromatic heterocycles. The molecular formula is C10H12N2O3S. The van der Waals surface area contributed by atoms with Crippen molar-refractivity contribution < 1.29 is 13.6 Å². The van der Waals surface area contributed by atoms with Gasteiger partial charge in [0.2, 0.25) is 5.91 Å². The van der Waals surface area contributed by atoms with Crippen LogP contribution in [0.3, 0.4) is 0 Å². The fraction of sp³-hybridized carbons (Fsp3) is 0.100. The van der Waals surface area contributed by atoms with Gasteiger partial charge in [-0.25, -0.2) is 4.21 Å². The second kappa shape index (κ2) is 5.43. The van der Waals surface area contributed by atoms with Gasteiger partial charge in [-0.15, -0.1) is 0 Å². The predicted molar refractivity (Wildman–Crippen MR) is 63.9 cm³/mol. The summed E-state index contributed by atoms with van der Waals surface area (Å²) in [5.74, 6) is -0.671. The number of carbonyl (C=O) groups is 1. The number of rotatable bonds is 5. The summed E-state index contributed by atoms with van der Waals surface area (Å²) in [5.41, 5.74) is 6.51. The van der Waals surface area contributed by atoms with E-state index in [-0.39, 0.29) is 11.4 Å². The fourth-order valence-electron chi connectivity index (χ4n) is 1.10. The Morgan fingerprint density at radius 1 is 1.56 bits per heavy atom. The van der Waals surface area contributed by atoms with Crippen molar-refractivity contribution >= 4 is 28.2 Å². The van der Waals surface area contributed by atoms with Crippen molar-refractivity contribution in [3.63, 3.8) is 0 Å². The lowest BCUT2D eigenvalue weighted by molar-refractivity contribution is -0.112. The van der Waals surface area contributed by atoms with E-state index in [9.17, 15) is 9.00 Å². The van der Waals surface area contributed by atoms with Crippen molar-refractivity contribution in [1.29, 1.82) is 0 Å². The number of anilines is 1. The third kappa shape index (κ3) is 3.48. The van der Waals surface area contributed by atoms with E-state index in [2.05, 4.69) is 11.9 Å². The molecule has 1 amide bonds. The number of hydrogen-bond acceptors (Lipinski definition) is 3. The van der Waals surface area contributed by atoms with Crippen LogP contribution in [0, 0.1) is 0 Å². The molecule has 0 bridgehead atoms. The van der Waals surface area contributed by atoms with Gasteiger partial charge in [0.15, 0.2) is 11.1 Å². The molecule has 1 aromatic rings. The normalized spacial score (nSPS) is 11.8. The van der Waals surface area contributed by atoms with Gasteiger partial charge in [-0.1, -0.05) is 18.7 Å². The van der Waals surface area contributed by atoms with Crippen LogP contribution in [0.25, 0.3) is 5.57 Å². The molecule has 1 aromatic carbocycles. The molecule has 1 atom stereocenters. The van der Waals surface area contributed by atoms with Crippen LogP contribution in [0.2, 0.25) is 0 Å². The summed E-state index contributed by atoms with van der Waals surface area (Å²) in [5, 5.41) is 2.73. The number of primary amides is 1. The highest BCUT2D eigenvalue weighted by Crippen LogP contribution is 2.16. The first-order chi connectivity index (χ1) is 7.50. The average Bonchev–Trinajstić information content (AvgIpc) is 2.25. The summed E-state index contributed by atoms with van der Waals surface area (Å²) in [6.07, 6.45) is 0. The highest BCUT2D eigenvalue weighted by atomic mass is 32.2. The van der Waals surface area contributed by atoms with Gasteiger partial charge in [-0.2, -0.15) is 0 Å². The molecular weight excluding hydrogens is 228 g/mol. The molecule has 0 aliphatic carbocycles. The minimum absolute atomic E-state index is 0.0769. The van der Waals surface area contributed by atoms with Crippen LogP contribution in [-0.2, 0) is 15.9 Å². The summed E-state index contributed by atoms with van der Waals surface area (Å²) in [7, 11) is 0. The third-order valence-corrected chi connectivity index (χ3v) is 2.30. The highest BCUT2D eigenvalue weighted by Gasteiger charge is 2.05. The molecule has 0 spiro atoms. The Hall–Kier alpha value is -1.66. The van der Waals surface area contributed by atoms with Gasteiger partial charge in [0.05, 0.1) is 0 Å². The molecule has 86 valence electrons. The summed E-state index contributed by atoms with van der Waals surface area (Å²) in [4.78, 5) is 10.9. The molecule has 0 aliphatic rings. The van der Waals surface area contributed by atoms with Gasteiger partial charge in [-0.3, -0.25) is 4.79 Å². The number of amides is 1. The van der Waals surface area contributed by atoms with Crippen LogP contribution in [0.5, 0.6) is 0 Å². The Bertz CT molecular complexity index is 445. The fourth-order valence-corrected chi connectivity index (χ4v) is 1.39. The lowest BCUT2D eigenvalue weighted by Crippen LogP contribution is -2.12. The van der Waals surface area contributed by atoms with Crippen molar-refractivity contribution in [3.8, 4) is 0 Å². The zero-order chi connectivity index (χ0) is 12.1. The van der Waals surface area contributed by atoms with Gasteiger partial charge in [0, 0.05) is 11.3 Å². The lowest BCUT2D eigenvalue weighted by atomic mass is 10.1. The van der Waals surface area contributed by atoms with Crippen LogP contribution in [0.4, 0.5) is 5.69 Å². The maximum absolute atomic E-state index is 10.9. The summed E-state index contributed by atoms with van der Waals surface area (Å²) in [6, 6.07) is 6.74. The van der Waals surface area contributed by atoms with Crippen molar-refractivity contribution in [2.45, 2.75) is 0 Å². The quantitative estimate of drug-likeness (QED) is 0.523. The summed E-state index contributed by atoms with van der Waals surface area (Å²) < 4.78 is 19.1. The Kier molecular flexibility index (Phi) is 4.21. The third-order valence-electron chi connectivity index (χ3n) is 1.91. The van der Waals surface area contributed by atoms with E-state index in [4.69, 9.17) is 10.3 Å². The van der Waals surface area contributed by atoms with E-state index in [0.29, 0.717) is 11.3 Å². The van der Waals surface area contributed by atoms with E-state index in [0.717, 1.165) is 0 Å².